The van der Waals surface area contributed by atoms with Crippen molar-refractivity contribution >= 4 is 11.3 Å². The van der Waals surface area contributed by atoms with E-state index in [4.69, 9.17) is 0 Å². The molecule has 4 heterocycles. The number of aliphatic hydroxyl groups excluding tert-OH is 1. The molecule has 4 aromatic heterocycles. The zero-order valence-electron chi connectivity index (χ0n) is 17.7. The molecular formula is C21H19F2N9O. The second-order valence-corrected chi connectivity index (χ2v) is 8.51. The minimum atomic E-state index is -2.70. The van der Waals surface area contributed by atoms with Crippen LogP contribution in [0.3, 0.4) is 0 Å². The molecule has 0 saturated heterocycles. The van der Waals surface area contributed by atoms with E-state index in [0.717, 1.165) is 11.3 Å². The summed E-state index contributed by atoms with van der Waals surface area (Å²) in [6.07, 6.45) is 2.84. The predicted molar refractivity (Wildman–Crippen MR) is 112 cm³/mol. The van der Waals surface area contributed by atoms with Crippen LogP contribution in [0, 0.1) is 11.3 Å². The average Bonchev–Trinajstić information content (AvgIpc) is 3.51. The molecule has 33 heavy (non-hydrogen) atoms. The molecule has 0 spiro atoms. The van der Waals surface area contributed by atoms with Gasteiger partial charge in [0.2, 0.25) is 0 Å². The molecule has 10 nitrogen and oxygen atoms in total. The van der Waals surface area contributed by atoms with Crippen molar-refractivity contribution in [3.05, 3.63) is 59.4 Å². The zero-order chi connectivity index (χ0) is 23.3. The lowest BCUT2D eigenvalue weighted by molar-refractivity contribution is 0.145. The third-order valence-electron chi connectivity index (χ3n) is 5.82. The molecule has 0 fully saturated rings. The SMILES string of the molecule is CC1(C)C[C@H](C(O)Nc2cnc(-n3nccn3)c(C#N)c2)c2cnc3cc(C(F)F)nn3c21. The molecule has 0 radical (unpaired) electrons. The Labute approximate surface area is 186 Å². The van der Waals surface area contributed by atoms with Gasteiger partial charge in [0.05, 0.1) is 30.0 Å². The van der Waals surface area contributed by atoms with Gasteiger partial charge < -0.3 is 10.4 Å². The van der Waals surface area contributed by atoms with Crippen molar-refractivity contribution in [2.75, 3.05) is 5.32 Å². The van der Waals surface area contributed by atoms with E-state index >= 15 is 0 Å². The standard InChI is InChI=1S/C21H19F2N9O/c1-21(2)7-13(14-10-25-16-6-15(18(22)23)30-31(16)17(14)21)20(33)29-12-5-11(8-24)19(26-9-12)32-27-3-4-28-32/h3-6,9-10,13,18,20,29,33H,7H2,1-2H3/t13-,20?/m0/s1. The minimum Gasteiger partial charge on any atom is -0.373 e. The molecule has 1 aliphatic carbocycles. The molecule has 5 rings (SSSR count). The maximum atomic E-state index is 13.2. The Morgan fingerprint density at radius 1 is 1.21 bits per heavy atom. The highest BCUT2D eigenvalue weighted by Gasteiger charge is 2.43. The summed E-state index contributed by atoms with van der Waals surface area (Å²) in [6, 6.07) is 4.89. The van der Waals surface area contributed by atoms with Crippen LogP contribution >= 0.6 is 0 Å². The van der Waals surface area contributed by atoms with Crippen molar-refractivity contribution in [2.45, 2.75) is 44.3 Å². The summed E-state index contributed by atoms with van der Waals surface area (Å²) < 4.78 is 27.8. The molecule has 2 atom stereocenters. The van der Waals surface area contributed by atoms with E-state index in [1.54, 1.807) is 12.3 Å². The quantitative estimate of drug-likeness (QED) is 0.443. The van der Waals surface area contributed by atoms with Crippen molar-refractivity contribution in [2.24, 2.45) is 0 Å². The maximum Gasteiger partial charge on any atom is 0.282 e. The topological polar surface area (TPSA) is 130 Å². The number of halogens is 2. The van der Waals surface area contributed by atoms with Crippen molar-refractivity contribution in [1.82, 2.24) is 34.6 Å². The van der Waals surface area contributed by atoms with Crippen LogP contribution in [0.2, 0.25) is 0 Å². The van der Waals surface area contributed by atoms with Crippen molar-refractivity contribution < 1.29 is 13.9 Å². The van der Waals surface area contributed by atoms with Crippen molar-refractivity contribution in [3.63, 3.8) is 0 Å². The van der Waals surface area contributed by atoms with E-state index in [2.05, 4.69) is 36.7 Å². The number of anilines is 1. The van der Waals surface area contributed by atoms with Gasteiger partial charge in [0.1, 0.15) is 23.6 Å². The summed E-state index contributed by atoms with van der Waals surface area (Å²) in [5.74, 6) is -0.112. The molecule has 4 aromatic rings. The number of hydrogen-bond donors (Lipinski definition) is 2. The van der Waals surface area contributed by atoms with Gasteiger partial charge in [-0.2, -0.15) is 20.6 Å². The summed E-state index contributed by atoms with van der Waals surface area (Å²) >= 11 is 0. The first-order valence-electron chi connectivity index (χ1n) is 10.2. The normalized spacial score (nSPS) is 17.8. The van der Waals surface area contributed by atoms with E-state index in [0.29, 0.717) is 17.8 Å². The molecule has 12 heteroatoms. The number of aromatic nitrogens is 7. The predicted octanol–water partition coefficient (Wildman–Crippen LogP) is 2.71. The Kier molecular flexibility index (Phi) is 4.79. The molecular weight excluding hydrogens is 432 g/mol. The lowest BCUT2D eigenvalue weighted by Crippen LogP contribution is -2.27. The van der Waals surface area contributed by atoms with Gasteiger partial charge in [0.25, 0.3) is 6.43 Å². The van der Waals surface area contributed by atoms with Gasteiger partial charge in [-0.3, -0.25) is 0 Å². The largest absolute Gasteiger partial charge is 0.373 e. The molecule has 2 N–H and O–H groups in total. The number of nitrogens with one attached hydrogen (secondary N) is 1. The van der Waals surface area contributed by atoms with Crippen LogP contribution < -0.4 is 5.32 Å². The number of aliphatic hydroxyl groups is 1. The fourth-order valence-corrected chi connectivity index (χ4v) is 4.43. The van der Waals surface area contributed by atoms with E-state index in [9.17, 15) is 19.1 Å². The molecule has 1 unspecified atom stereocenters. The van der Waals surface area contributed by atoms with Gasteiger partial charge in [-0.15, -0.1) is 4.80 Å². The fourth-order valence-electron chi connectivity index (χ4n) is 4.43. The Balaban J connectivity index is 1.47. The lowest BCUT2D eigenvalue weighted by atomic mass is 9.88. The highest BCUT2D eigenvalue weighted by Crippen LogP contribution is 2.47. The maximum absolute atomic E-state index is 13.2. The minimum absolute atomic E-state index is 0.231. The monoisotopic (exact) mass is 451 g/mol. The summed E-state index contributed by atoms with van der Waals surface area (Å²) in [4.78, 5) is 9.77. The molecule has 0 aliphatic heterocycles. The summed E-state index contributed by atoms with van der Waals surface area (Å²) in [6.45, 7) is 3.95. The Morgan fingerprint density at radius 3 is 2.67 bits per heavy atom. The number of hydrogen-bond acceptors (Lipinski definition) is 8. The van der Waals surface area contributed by atoms with Crippen LogP contribution in [0.1, 0.15) is 55.1 Å². The highest BCUT2D eigenvalue weighted by molar-refractivity contribution is 5.54. The zero-order valence-corrected chi connectivity index (χ0v) is 17.7. The van der Waals surface area contributed by atoms with Gasteiger partial charge in [-0.25, -0.2) is 23.3 Å². The van der Waals surface area contributed by atoms with Gasteiger partial charge in [-0.1, -0.05) is 13.8 Å². The summed E-state index contributed by atoms with van der Waals surface area (Å²) in [7, 11) is 0. The van der Waals surface area contributed by atoms with Crippen LogP contribution in [0.15, 0.2) is 36.9 Å². The Bertz CT molecular complexity index is 1370. The molecule has 0 aromatic carbocycles. The number of fused-ring (bicyclic) bond motifs is 3. The van der Waals surface area contributed by atoms with Crippen LogP contribution in [0.4, 0.5) is 14.5 Å². The number of rotatable bonds is 5. The van der Waals surface area contributed by atoms with Crippen LogP contribution in [-0.4, -0.2) is 45.9 Å². The summed E-state index contributed by atoms with van der Waals surface area (Å²) in [5, 5.41) is 35.6. The molecule has 0 bridgehead atoms. The second kappa shape index (κ2) is 7.56. The van der Waals surface area contributed by atoms with Crippen LogP contribution in [0.25, 0.3) is 11.5 Å². The number of nitriles is 1. The molecule has 0 saturated carbocycles. The van der Waals surface area contributed by atoms with E-state index in [1.165, 1.54) is 34.0 Å². The number of nitrogens with zero attached hydrogens (tertiary/aromatic N) is 8. The first-order valence-corrected chi connectivity index (χ1v) is 10.2. The molecule has 168 valence electrons. The van der Waals surface area contributed by atoms with Gasteiger partial charge in [-0.05, 0) is 12.5 Å². The van der Waals surface area contributed by atoms with E-state index < -0.39 is 18.1 Å². The third-order valence-corrected chi connectivity index (χ3v) is 5.82. The van der Waals surface area contributed by atoms with Gasteiger partial charge >= 0.3 is 0 Å². The fraction of sp³-hybridized carbons (Fsp3) is 0.333. The van der Waals surface area contributed by atoms with Crippen molar-refractivity contribution in [1.29, 1.82) is 5.26 Å². The second-order valence-electron chi connectivity index (χ2n) is 8.51. The lowest BCUT2D eigenvalue weighted by Gasteiger charge is -2.23. The first kappa shape index (κ1) is 20.9. The van der Waals surface area contributed by atoms with Crippen LogP contribution in [-0.2, 0) is 5.41 Å². The Morgan fingerprint density at radius 2 is 1.97 bits per heavy atom. The van der Waals surface area contributed by atoms with Gasteiger partial charge in [0, 0.05) is 29.2 Å². The third kappa shape index (κ3) is 3.46. The van der Waals surface area contributed by atoms with E-state index in [-0.39, 0.29) is 23.0 Å². The highest BCUT2D eigenvalue weighted by atomic mass is 19.3. The smallest absolute Gasteiger partial charge is 0.282 e. The molecule has 0 amide bonds. The molecule has 1 aliphatic rings. The number of alkyl halides is 2. The first-order chi connectivity index (χ1) is 15.8. The average molecular weight is 451 g/mol. The van der Waals surface area contributed by atoms with Crippen molar-refractivity contribution in [3.8, 4) is 11.9 Å². The van der Waals surface area contributed by atoms with E-state index in [1.807, 2.05) is 13.8 Å². The summed E-state index contributed by atoms with van der Waals surface area (Å²) in [5.41, 5.74) is 1.69. The van der Waals surface area contributed by atoms with Crippen LogP contribution in [0.5, 0.6) is 0 Å². The van der Waals surface area contributed by atoms with Gasteiger partial charge in [0.15, 0.2) is 11.5 Å². The number of pyridine rings is 1. The Hall–Kier alpha value is -3.98.